The van der Waals surface area contributed by atoms with Crippen LogP contribution in [0.2, 0.25) is 0 Å². The molecule has 6 heteroatoms. The highest BCUT2D eigenvalue weighted by molar-refractivity contribution is 5.59. The second-order valence-corrected chi connectivity index (χ2v) is 3.99. The summed E-state index contributed by atoms with van der Waals surface area (Å²) in [6.07, 6.45) is 0. The minimum atomic E-state index is -0.457. The lowest BCUT2D eigenvalue weighted by atomic mass is 10.2. The summed E-state index contributed by atoms with van der Waals surface area (Å²) in [7, 11) is 3.82. The van der Waals surface area contributed by atoms with E-state index in [0.717, 1.165) is 0 Å². The Balaban J connectivity index is 2.27. The fraction of sp³-hybridized carbons (Fsp3) is 0.273. The van der Waals surface area contributed by atoms with Crippen LogP contribution >= 0.6 is 0 Å². The van der Waals surface area contributed by atoms with Gasteiger partial charge in [-0.15, -0.1) is 0 Å². The molecule has 2 rings (SSSR count). The van der Waals surface area contributed by atoms with Crippen LogP contribution in [-0.2, 0) is 6.54 Å². The Bertz CT molecular complexity index is 524. The molecule has 2 aromatic rings. The number of nitrogens with two attached hydrogens (primary N) is 1. The summed E-state index contributed by atoms with van der Waals surface area (Å²) in [5.74, 6) is 0.461. The first-order valence-corrected chi connectivity index (χ1v) is 5.09. The summed E-state index contributed by atoms with van der Waals surface area (Å²) in [6, 6.07) is 4.31. The van der Waals surface area contributed by atoms with Crippen LogP contribution in [0.15, 0.2) is 22.7 Å². The van der Waals surface area contributed by atoms with Gasteiger partial charge in [0.15, 0.2) is 5.82 Å². The minimum Gasteiger partial charge on any atom is -0.396 e. The highest BCUT2D eigenvalue weighted by atomic mass is 19.1. The summed E-state index contributed by atoms with van der Waals surface area (Å²) in [4.78, 5) is 6.12. The zero-order chi connectivity index (χ0) is 12.4. The van der Waals surface area contributed by atoms with Crippen LogP contribution in [0.4, 0.5) is 10.1 Å². The highest BCUT2D eigenvalue weighted by Crippen LogP contribution is 2.21. The quantitative estimate of drug-likeness (QED) is 0.818. The molecule has 1 aromatic carbocycles. The van der Waals surface area contributed by atoms with E-state index in [0.29, 0.717) is 23.8 Å². The predicted octanol–water partition coefficient (Wildman–Crippen LogP) is 1.52. The van der Waals surface area contributed by atoms with E-state index in [-0.39, 0.29) is 5.69 Å². The summed E-state index contributed by atoms with van der Waals surface area (Å²) >= 11 is 0. The van der Waals surface area contributed by atoms with E-state index in [9.17, 15) is 4.39 Å². The van der Waals surface area contributed by atoms with E-state index in [1.165, 1.54) is 12.1 Å². The fourth-order valence-electron chi connectivity index (χ4n) is 1.40. The molecule has 1 aromatic heterocycles. The van der Waals surface area contributed by atoms with Crippen LogP contribution in [0.1, 0.15) is 5.82 Å². The number of aromatic nitrogens is 2. The van der Waals surface area contributed by atoms with Gasteiger partial charge in [-0.2, -0.15) is 4.98 Å². The smallest absolute Gasteiger partial charge is 0.258 e. The third-order valence-corrected chi connectivity index (χ3v) is 2.17. The molecule has 1 heterocycles. The Morgan fingerprint density at radius 2 is 2.18 bits per heavy atom. The third kappa shape index (κ3) is 2.59. The number of benzene rings is 1. The van der Waals surface area contributed by atoms with E-state index >= 15 is 0 Å². The van der Waals surface area contributed by atoms with E-state index in [1.54, 1.807) is 6.07 Å². The number of hydrogen-bond acceptors (Lipinski definition) is 5. The monoisotopic (exact) mass is 236 g/mol. The third-order valence-electron chi connectivity index (χ3n) is 2.17. The number of halogens is 1. The first kappa shape index (κ1) is 11.5. The SMILES string of the molecule is CN(C)Cc1noc(-c2ccc(F)c(N)c2)n1. The van der Waals surface area contributed by atoms with Crippen molar-refractivity contribution in [3.05, 3.63) is 29.8 Å². The zero-order valence-corrected chi connectivity index (χ0v) is 9.64. The lowest BCUT2D eigenvalue weighted by Gasteiger charge is -2.03. The van der Waals surface area contributed by atoms with Gasteiger partial charge in [-0.3, -0.25) is 0 Å². The van der Waals surface area contributed by atoms with Crippen molar-refractivity contribution in [2.75, 3.05) is 19.8 Å². The van der Waals surface area contributed by atoms with Gasteiger partial charge >= 0.3 is 0 Å². The first-order valence-electron chi connectivity index (χ1n) is 5.09. The second kappa shape index (κ2) is 4.50. The largest absolute Gasteiger partial charge is 0.396 e. The first-order chi connectivity index (χ1) is 8.06. The minimum absolute atomic E-state index is 0.0647. The number of nitrogen functional groups attached to an aromatic ring is 1. The highest BCUT2D eigenvalue weighted by Gasteiger charge is 2.10. The molecular weight excluding hydrogens is 223 g/mol. The lowest BCUT2D eigenvalue weighted by Crippen LogP contribution is -2.11. The Kier molecular flexibility index (Phi) is 3.06. The van der Waals surface area contributed by atoms with Crippen molar-refractivity contribution in [1.29, 1.82) is 0 Å². The molecule has 0 aliphatic carbocycles. The van der Waals surface area contributed by atoms with Crippen molar-refractivity contribution >= 4 is 5.69 Å². The van der Waals surface area contributed by atoms with E-state index < -0.39 is 5.82 Å². The van der Waals surface area contributed by atoms with Gasteiger partial charge in [0.1, 0.15) is 5.82 Å². The maximum absolute atomic E-state index is 13.0. The molecule has 0 saturated heterocycles. The number of nitrogens with zero attached hydrogens (tertiary/aromatic N) is 3. The van der Waals surface area contributed by atoms with Gasteiger partial charge in [0.05, 0.1) is 12.2 Å². The molecule has 0 bridgehead atoms. The van der Waals surface area contributed by atoms with Crippen molar-refractivity contribution in [3.8, 4) is 11.5 Å². The van der Waals surface area contributed by atoms with Crippen LogP contribution < -0.4 is 5.73 Å². The van der Waals surface area contributed by atoms with Crippen molar-refractivity contribution in [1.82, 2.24) is 15.0 Å². The topological polar surface area (TPSA) is 68.2 Å². The average molecular weight is 236 g/mol. The van der Waals surface area contributed by atoms with Crippen LogP contribution in [0.3, 0.4) is 0 Å². The fourth-order valence-corrected chi connectivity index (χ4v) is 1.40. The second-order valence-electron chi connectivity index (χ2n) is 3.99. The summed E-state index contributed by atoms with van der Waals surface area (Å²) < 4.78 is 18.1. The Morgan fingerprint density at radius 3 is 2.82 bits per heavy atom. The van der Waals surface area contributed by atoms with E-state index in [4.69, 9.17) is 10.3 Å². The molecule has 0 unspecified atom stereocenters. The molecule has 0 radical (unpaired) electrons. The number of hydrogen-bond donors (Lipinski definition) is 1. The molecule has 0 amide bonds. The summed E-state index contributed by atoms with van der Waals surface area (Å²) in [5.41, 5.74) is 6.15. The molecule has 0 saturated carbocycles. The molecule has 17 heavy (non-hydrogen) atoms. The number of rotatable bonds is 3. The van der Waals surface area contributed by atoms with Gasteiger partial charge in [0, 0.05) is 5.56 Å². The van der Waals surface area contributed by atoms with Gasteiger partial charge < -0.3 is 15.2 Å². The Labute approximate surface area is 98.0 Å². The normalized spacial score (nSPS) is 11.1. The standard InChI is InChI=1S/C11H13FN4O/c1-16(2)6-10-14-11(17-15-10)7-3-4-8(12)9(13)5-7/h3-5H,6,13H2,1-2H3. The molecule has 0 atom stereocenters. The van der Waals surface area contributed by atoms with Crippen LogP contribution in [0.5, 0.6) is 0 Å². The van der Waals surface area contributed by atoms with Gasteiger partial charge in [0.2, 0.25) is 0 Å². The Hall–Kier alpha value is -1.95. The van der Waals surface area contributed by atoms with Crippen molar-refractivity contribution in [2.45, 2.75) is 6.54 Å². The zero-order valence-electron chi connectivity index (χ0n) is 9.64. The van der Waals surface area contributed by atoms with Crippen LogP contribution in [0, 0.1) is 5.82 Å². The van der Waals surface area contributed by atoms with Gasteiger partial charge in [-0.1, -0.05) is 5.16 Å². The molecule has 90 valence electrons. The maximum Gasteiger partial charge on any atom is 0.258 e. The molecule has 0 fully saturated rings. The van der Waals surface area contributed by atoms with E-state index in [2.05, 4.69) is 10.1 Å². The molecule has 0 aliphatic rings. The average Bonchev–Trinajstić information content (AvgIpc) is 2.69. The van der Waals surface area contributed by atoms with Gasteiger partial charge in [-0.25, -0.2) is 4.39 Å². The van der Waals surface area contributed by atoms with Crippen LogP contribution in [-0.4, -0.2) is 29.1 Å². The molecular formula is C11H13FN4O. The Morgan fingerprint density at radius 1 is 1.41 bits per heavy atom. The van der Waals surface area contributed by atoms with Crippen molar-refractivity contribution in [3.63, 3.8) is 0 Å². The molecule has 0 spiro atoms. The lowest BCUT2D eigenvalue weighted by molar-refractivity contribution is 0.365. The molecule has 0 aliphatic heterocycles. The summed E-state index contributed by atoms with van der Waals surface area (Å²) in [5, 5.41) is 3.82. The number of anilines is 1. The maximum atomic E-state index is 13.0. The van der Waals surface area contributed by atoms with Crippen molar-refractivity contribution in [2.24, 2.45) is 0 Å². The van der Waals surface area contributed by atoms with Crippen LogP contribution in [0.25, 0.3) is 11.5 Å². The van der Waals surface area contributed by atoms with E-state index in [1.807, 2.05) is 19.0 Å². The van der Waals surface area contributed by atoms with Gasteiger partial charge in [0.25, 0.3) is 5.89 Å². The van der Waals surface area contributed by atoms with Crippen molar-refractivity contribution < 1.29 is 8.91 Å². The molecule has 2 N–H and O–H groups in total. The molecule has 5 nitrogen and oxygen atoms in total. The predicted molar refractivity (Wildman–Crippen MR) is 61.5 cm³/mol. The van der Waals surface area contributed by atoms with Gasteiger partial charge in [-0.05, 0) is 32.3 Å². The summed E-state index contributed by atoms with van der Waals surface area (Å²) in [6.45, 7) is 0.584.